The van der Waals surface area contributed by atoms with Gasteiger partial charge in [-0.25, -0.2) is 0 Å². The summed E-state index contributed by atoms with van der Waals surface area (Å²) < 4.78 is 107. The molecule has 1 amide bonds. The van der Waals surface area contributed by atoms with E-state index in [0.717, 1.165) is 5.56 Å². The van der Waals surface area contributed by atoms with Gasteiger partial charge < -0.3 is 29.0 Å². The summed E-state index contributed by atoms with van der Waals surface area (Å²) in [5.74, 6) is -1.64. The quantitative estimate of drug-likeness (QED) is 0.254. The molecule has 45 heavy (non-hydrogen) atoms. The number of hydrogen-bond donors (Lipinski definition) is 0. The van der Waals surface area contributed by atoms with Crippen molar-refractivity contribution in [1.82, 2.24) is 4.90 Å². The molecule has 0 radical (unpaired) electrons. The Labute approximate surface area is 256 Å². The predicted molar refractivity (Wildman–Crippen MR) is 147 cm³/mol. The molecule has 0 aromatic heterocycles. The molecule has 7 nitrogen and oxygen atoms in total. The van der Waals surface area contributed by atoms with Crippen LogP contribution in [0.1, 0.15) is 23.6 Å². The van der Waals surface area contributed by atoms with E-state index in [1.165, 1.54) is 0 Å². The van der Waals surface area contributed by atoms with E-state index >= 15 is 0 Å². The second kappa shape index (κ2) is 15.2. The molecule has 5 atom stereocenters. The van der Waals surface area contributed by atoms with E-state index in [1.807, 2.05) is 0 Å². The molecular formula is C32H32F6NO6-. The third-order valence-electron chi connectivity index (χ3n) is 7.16. The number of carbonyl (C=O) groups excluding carboxylic acids is 1. The van der Waals surface area contributed by atoms with E-state index in [4.69, 9.17) is 18.9 Å². The van der Waals surface area contributed by atoms with Gasteiger partial charge in [-0.05, 0) is 16.7 Å². The maximum absolute atomic E-state index is 14.0. The van der Waals surface area contributed by atoms with E-state index in [1.54, 1.807) is 91.0 Å². The zero-order valence-corrected chi connectivity index (χ0v) is 24.1. The molecule has 3 aromatic carbocycles. The summed E-state index contributed by atoms with van der Waals surface area (Å²) in [6.45, 7) is -0.189. The normalized spacial score (nSPS) is 22.4. The average molecular weight is 641 g/mol. The van der Waals surface area contributed by atoms with E-state index in [0.29, 0.717) is 18.1 Å². The molecular weight excluding hydrogens is 608 g/mol. The van der Waals surface area contributed by atoms with Crippen molar-refractivity contribution >= 4 is 5.91 Å². The fraction of sp³-hybridized carbons (Fsp3) is 0.406. The Kier molecular flexibility index (Phi) is 11.6. The fourth-order valence-corrected chi connectivity index (χ4v) is 5.18. The van der Waals surface area contributed by atoms with E-state index in [9.17, 15) is 36.2 Å². The van der Waals surface area contributed by atoms with Crippen molar-refractivity contribution in [1.29, 1.82) is 0 Å². The number of rotatable bonds is 12. The van der Waals surface area contributed by atoms with Crippen LogP contribution in [0, 0.1) is 0 Å². The van der Waals surface area contributed by atoms with Gasteiger partial charge in [-0.15, -0.1) is 0 Å². The summed E-state index contributed by atoms with van der Waals surface area (Å²) in [7, 11) is 0. The third-order valence-corrected chi connectivity index (χ3v) is 7.16. The van der Waals surface area contributed by atoms with Gasteiger partial charge in [0, 0.05) is 13.2 Å². The first-order valence-electron chi connectivity index (χ1n) is 14.0. The first-order chi connectivity index (χ1) is 21.4. The van der Waals surface area contributed by atoms with Crippen molar-refractivity contribution in [2.24, 2.45) is 0 Å². The second-order valence-electron chi connectivity index (χ2n) is 10.5. The van der Waals surface area contributed by atoms with E-state index in [-0.39, 0.29) is 26.4 Å². The number of benzene rings is 3. The highest BCUT2D eigenvalue weighted by molar-refractivity contribution is 5.74. The number of carbonyl (C=O) groups is 1. The predicted octanol–water partition coefficient (Wildman–Crippen LogP) is 5.17. The van der Waals surface area contributed by atoms with Crippen LogP contribution in [0.4, 0.5) is 26.3 Å². The van der Waals surface area contributed by atoms with Gasteiger partial charge in [-0.2, -0.15) is 26.3 Å². The molecule has 4 rings (SSSR count). The molecule has 1 saturated heterocycles. The monoisotopic (exact) mass is 640 g/mol. The van der Waals surface area contributed by atoms with Crippen molar-refractivity contribution in [2.75, 3.05) is 6.61 Å². The van der Waals surface area contributed by atoms with E-state index in [2.05, 4.69) is 0 Å². The lowest BCUT2D eigenvalue weighted by Crippen LogP contribution is -2.73. The van der Waals surface area contributed by atoms with Gasteiger partial charge in [0.2, 0.25) is 11.9 Å². The molecule has 13 heteroatoms. The standard InChI is InChI=1S/C32H32F6NO6/c1-21(40)39(30(31(33,34)35)32(36,37)38)26-28(44-19-24-15-9-4-10-16-24)27(43-18-23-13-7-3-8-14-23)25(45-29(26)41)20-42-17-22-11-5-2-6-12-22/h2-16,25-30H,17-20H2,1H3/q-1/t25-,26-,27-,28-,29+/m1/s1. The second-order valence-corrected chi connectivity index (χ2v) is 10.5. The molecule has 244 valence electrons. The number of hydrogen-bond acceptors (Lipinski definition) is 6. The Hall–Kier alpha value is -3.49. The van der Waals surface area contributed by atoms with Crippen LogP contribution in [0.2, 0.25) is 0 Å². The van der Waals surface area contributed by atoms with Crippen molar-refractivity contribution in [2.45, 2.75) is 75.8 Å². The number of amides is 1. The van der Waals surface area contributed by atoms with Crippen LogP contribution < -0.4 is 5.11 Å². The fourth-order valence-electron chi connectivity index (χ4n) is 5.18. The molecule has 0 saturated carbocycles. The third kappa shape index (κ3) is 9.27. The maximum Gasteiger partial charge on any atom is 0.417 e. The summed E-state index contributed by atoms with van der Waals surface area (Å²) >= 11 is 0. The van der Waals surface area contributed by atoms with Crippen LogP contribution in [-0.4, -0.2) is 66.5 Å². The molecule has 1 aliphatic rings. The van der Waals surface area contributed by atoms with Crippen molar-refractivity contribution in [3.8, 4) is 0 Å². The summed E-state index contributed by atoms with van der Waals surface area (Å²) in [6, 6.07) is 19.1. The SMILES string of the molecule is CC(=O)N(C(C(F)(F)F)C(F)(F)F)[C@@H]1[C@@H](OCc2ccccc2)[C@H](OCc2ccccc2)[C@@H](COCc2ccccc2)O[C@@H]1[O-]. The Morgan fingerprint density at radius 3 is 1.60 bits per heavy atom. The van der Waals surface area contributed by atoms with Gasteiger partial charge in [0.25, 0.3) is 0 Å². The average Bonchev–Trinajstić information content (AvgIpc) is 2.98. The molecule has 0 bridgehead atoms. The van der Waals surface area contributed by atoms with Gasteiger partial charge in [0.05, 0.1) is 32.5 Å². The minimum Gasteiger partial charge on any atom is -0.829 e. The summed E-state index contributed by atoms with van der Waals surface area (Å²) in [5.41, 5.74) is 1.90. The molecule has 1 heterocycles. The van der Waals surface area contributed by atoms with Crippen LogP contribution in [0.25, 0.3) is 0 Å². The Balaban J connectivity index is 1.73. The lowest BCUT2D eigenvalue weighted by molar-refractivity contribution is -0.529. The van der Waals surface area contributed by atoms with E-state index < -0.39 is 59.8 Å². The first kappa shape index (κ1) is 34.4. The highest BCUT2D eigenvalue weighted by Crippen LogP contribution is 2.41. The molecule has 0 spiro atoms. The van der Waals surface area contributed by atoms with Gasteiger partial charge in [-0.1, -0.05) is 91.0 Å². The summed E-state index contributed by atoms with van der Waals surface area (Å²) in [5, 5.41) is 13.5. The van der Waals surface area contributed by atoms with Gasteiger partial charge in [0.1, 0.15) is 18.3 Å². The largest absolute Gasteiger partial charge is 0.829 e. The molecule has 3 aromatic rings. The maximum atomic E-state index is 14.0. The van der Waals surface area contributed by atoms with Gasteiger partial charge >= 0.3 is 12.4 Å². The van der Waals surface area contributed by atoms with Crippen LogP contribution in [0.3, 0.4) is 0 Å². The number of alkyl halides is 6. The lowest BCUT2D eigenvalue weighted by atomic mass is 9.93. The van der Waals surface area contributed by atoms with Gasteiger partial charge in [0.15, 0.2) is 0 Å². The van der Waals surface area contributed by atoms with Crippen molar-refractivity contribution in [3.05, 3.63) is 108 Å². The lowest BCUT2D eigenvalue weighted by Gasteiger charge is -2.54. The zero-order chi connectivity index (χ0) is 32.6. The number of halogens is 6. The molecule has 0 N–H and O–H groups in total. The molecule has 1 fully saturated rings. The zero-order valence-electron chi connectivity index (χ0n) is 24.1. The van der Waals surface area contributed by atoms with Crippen LogP contribution in [0.5, 0.6) is 0 Å². The van der Waals surface area contributed by atoms with Crippen molar-refractivity contribution < 1.29 is 55.2 Å². The minimum atomic E-state index is -5.97. The van der Waals surface area contributed by atoms with Crippen LogP contribution in [0.15, 0.2) is 91.0 Å². The van der Waals surface area contributed by atoms with Crippen LogP contribution >= 0.6 is 0 Å². The Bertz CT molecular complexity index is 1310. The summed E-state index contributed by atoms with van der Waals surface area (Å²) in [6.07, 6.45) is -19.0. The minimum absolute atomic E-state index is 0.0678. The molecule has 0 unspecified atom stereocenters. The molecule has 0 aliphatic carbocycles. The van der Waals surface area contributed by atoms with Gasteiger partial charge in [-0.3, -0.25) is 4.79 Å². The Morgan fingerprint density at radius 2 is 1.18 bits per heavy atom. The van der Waals surface area contributed by atoms with Crippen molar-refractivity contribution in [3.63, 3.8) is 0 Å². The highest BCUT2D eigenvalue weighted by Gasteiger charge is 2.64. The topological polar surface area (TPSA) is 80.3 Å². The molecule has 1 aliphatic heterocycles. The van der Waals surface area contributed by atoms with Crippen LogP contribution in [-0.2, 0) is 43.6 Å². The number of ether oxygens (including phenoxy) is 4. The highest BCUT2D eigenvalue weighted by atomic mass is 19.4. The summed E-state index contributed by atoms with van der Waals surface area (Å²) in [4.78, 5) is 12.1. The Morgan fingerprint density at radius 1 is 0.756 bits per heavy atom. The number of nitrogens with zero attached hydrogens (tertiary/aromatic N) is 1. The smallest absolute Gasteiger partial charge is 0.417 e. The first-order valence-corrected chi connectivity index (χ1v) is 14.0.